The summed E-state index contributed by atoms with van der Waals surface area (Å²) in [6.45, 7) is 6.59. The van der Waals surface area contributed by atoms with Crippen LogP contribution in [0, 0.1) is 0 Å². The van der Waals surface area contributed by atoms with E-state index in [1.54, 1.807) is 0 Å². The van der Waals surface area contributed by atoms with Gasteiger partial charge in [-0.3, -0.25) is 4.99 Å². The van der Waals surface area contributed by atoms with Crippen LogP contribution in [0.5, 0.6) is 0 Å². The van der Waals surface area contributed by atoms with Crippen molar-refractivity contribution in [2.24, 2.45) is 10.7 Å². The highest BCUT2D eigenvalue weighted by Gasteiger charge is 2.12. The Morgan fingerprint density at radius 3 is 3.18 bits per heavy atom. The van der Waals surface area contributed by atoms with E-state index >= 15 is 0 Å². The predicted octanol–water partition coefficient (Wildman–Crippen LogP) is -0.774. The number of hydrogen-bond donors (Lipinski definition) is 2. The largest absolute Gasteiger partial charge is 0.355 e. The smallest absolute Gasteiger partial charge is 0.194 e. The summed E-state index contributed by atoms with van der Waals surface area (Å²) in [6.07, 6.45) is 0. The zero-order chi connectivity index (χ0) is 8.10. The van der Waals surface area contributed by atoms with Gasteiger partial charge in [0.25, 0.3) is 0 Å². The quantitative estimate of drug-likeness (QED) is 0.564. The van der Waals surface area contributed by atoms with Crippen molar-refractivity contribution >= 4 is 5.96 Å². The molecule has 0 saturated heterocycles. The minimum Gasteiger partial charge on any atom is -0.355 e. The van der Waals surface area contributed by atoms with Crippen LogP contribution in [0.2, 0.25) is 0 Å². The van der Waals surface area contributed by atoms with Gasteiger partial charge in [0.2, 0.25) is 0 Å². The number of aliphatic imine (C=N–C) groups is 1. The summed E-state index contributed by atoms with van der Waals surface area (Å²) in [7, 11) is 0. The lowest BCUT2D eigenvalue weighted by Crippen LogP contribution is -2.40. The van der Waals surface area contributed by atoms with Crippen LogP contribution in [-0.4, -0.2) is 43.6 Å². The standard InChI is InChI=1S/C7H16N4/c1-2-11-6-5-10-7(11)9-4-3-8/h2-6,8H2,1H3,(H,9,10). The molecule has 0 fully saturated rings. The minimum atomic E-state index is 0.663. The number of guanidine groups is 1. The van der Waals surface area contributed by atoms with Gasteiger partial charge in [0.05, 0.1) is 6.54 Å². The zero-order valence-electron chi connectivity index (χ0n) is 7.01. The second-order valence-corrected chi connectivity index (χ2v) is 2.50. The van der Waals surface area contributed by atoms with E-state index in [0.29, 0.717) is 6.54 Å². The SMILES string of the molecule is CCN1CCN=C1NCCN. The van der Waals surface area contributed by atoms with Crippen LogP contribution in [-0.2, 0) is 0 Å². The van der Waals surface area contributed by atoms with Crippen LogP contribution in [0.25, 0.3) is 0 Å². The number of nitrogens with zero attached hydrogens (tertiary/aromatic N) is 2. The number of nitrogens with two attached hydrogens (primary N) is 1. The minimum absolute atomic E-state index is 0.663. The average molecular weight is 156 g/mol. The van der Waals surface area contributed by atoms with Crippen molar-refractivity contribution in [1.29, 1.82) is 0 Å². The molecular formula is C7H16N4. The highest BCUT2D eigenvalue weighted by molar-refractivity contribution is 5.81. The summed E-state index contributed by atoms with van der Waals surface area (Å²) < 4.78 is 0. The van der Waals surface area contributed by atoms with Crippen molar-refractivity contribution in [1.82, 2.24) is 10.2 Å². The molecule has 0 aromatic rings. The van der Waals surface area contributed by atoms with Crippen LogP contribution < -0.4 is 11.1 Å². The molecular weight excluding hydrogens is 140 g/mol. The summed E-state index contributed by atoms with van der Waals surface area (Å²) in [5, 5.41) is 3.18. The highest BCUT2D eigenvalue weighted by Crippen LogP contribution is 1.97. The van der Waals surface area contributed by atoms with Gasteiger partial charge in [-0.05, 0) is 6.92 Å². The van der Waals surface area contributed by atoms with Gasteiger partial charge in [0.1, 0.15) is 0 Å². The third kappa shape index (κ3) is 2.08. The van der Waals surface area contributed by atoms with Gasteiger partial charge in [0.15, 0.2) is 5.96 Å². The van der Waals surface area contributed by atoms with E-state index in [0.717, 1.165) is 32.1 Å². The molecule has 0 atom stereocenters. The first-order chi connectivity index (χ1) is 5.38. The molecule has 11 heavy (non-hydrogen) atoms. The Morgan fingerprint density at radius 2 is 2.55 bits per heavy atom. The molecule has 4 heteroatoms. The molecule has 0 radical (unpaired) electrons. The Labute approximate surface area is 67.5 Å². The fourth-order valence-corrected chi connectivity index (χ4v) is 1.14. The third-order valence-electron chi connectivity index (χ3n) is 1.74. The highest BCUT2D eigenvalue weighted by atomic mass is 15.3. The first-order valence-electron chi connectivity index (χ1n) is 4.11. The van der Waals surface area contributed by atoms with Gasteiger partial charge in [-0.15, -0.1) is 0 Å². The lowest BCUT2D eigenvalue weighted by Gasteiger charge is -2.18. The summed E-state index contributed by atoms with van der Waals surface area (Å²) in [6, 6.07) is 0. The molecule has 1 rings (SSSR count). The first kappa shape index (κ1) is 8.33. The van der Waals surface area contributed by atoms with E-state index < -0.39 is 0 Å². The fraction of sp³-hybridized carbons (Fsp3) is 0.857. The maximum absolute atomic E-state index is 5.36. The topological polar surface area (TPSA) is 53.6 Å². The van der Waals surface area contributed by atoms with Crippen molar-refractivity contribution < 1.29 is 0 Å². The lowest BCUT2D eigenvalue weighted by atomic mass is 10.5. The molecule has 1 aliphatic rings. The lowest BCUT2D eigenvalue weighted by molar-refractivity contribution is 0.467. The number of rotatable bonds is 3. The van der Waals surface area contributed by atoms with E-state index in [1.807, 2.05) is 0 Å². The maximum Gasteiger partial charge on any atom is 0.194 e. The first-order valence-corrected chi connectivity index (χ1v) is 4.11. The Kier molecular flexibility index (Phi) is 3.16. The van der Waals surface area contributed by atoms with Crippen molar-refractivity contribution in [3.8, 4) is 0 Å². The molecule has 0 saturated carbocycles. The molecule has 0 aromatic heterocycles. The maximum atomic E-state index is 5.36. The molecule has 0 unspecified atom stereocenters. The summed E-state index contributed by atoms with van der Waals surface area (Å²) in [5.74, 6) is 1.01. The van der Waals surface area contributed by atoms with Gasteiger partial charge >= 0.3 is 0 Å². The second-order valence-electron chi connectivity index (χ2n) is 2.50. The van der Waals surface area contributed by atoms with Crippen molar-refractivity contribution in [3.63, 3.8) is 0 Å². The molecule has 1 aliphatic heterocycles. The molecule has 0 spiro atoms. The molecule has 1 heterocycles. The Hall–Kier alpha value is -0.770. The average Bonchev–Trinajstić information content (AvgIpc) is 2.47. The van der Waals surface area contributed by atoms with E-state index in [2.05, 4.69) is 22.1 Å². The van der Waals surface area contributed by atoms with Crippen LogP contribution in [0.15, 0.2) is 4.99 Å². The fourth-order valence-electron chi connectivity index (χ4n) is 1.14. The third-order valence-corrected chi connectivity index (χ3v) is 1.74. The van der Waals surface area contributed by atoms with E-state index in [-0.39, 0.29) is 0 Å². The molecule has 0 aliphatic carbocycles. The summed E-state index contributed by atoms with van der Waals surface area (Å²) >= 11 is 0. The number of likely N-dealkylation sites (N-methyl/N-ethyl adjacent to an activating group) is 1. The van der Waals surface area contributed by atoms with E-state index in [9.17, 15) is 0 Å². The van der Waals surface area contributed by atoms with Crippen LogP contribution in [0.4, 0.5) is 0 Å². The normalized spacial score (nSPS) is 16.9. The Bertz CT molecular complexity index is 143. The van der Waals surface area contributed by atoms with Gasteiger partial charge < -0.3 is 16.0 Å². The van der Waals surface area contributed by atoms with Crippen molar-refractivity contribution in [3.05, 3.63) is 0 Å². The molecule has 3 N–H and O–H groups in total. The van der Waals surface area contributed by atoms with Crippen LogP contribution >= 0.6 is 0 Å². The molecule has 0 bridgehead atoms. The van der Waals surface area contributed by atoms with Crippen LogP contribution in [0.1, 0.15) is 6.92 Å². The monoisotopic (exact) mass is 156 g/mol. The van der Waals surface area contributed by atoms with Gasteiger partial charge in [-0.1, -0.05) is 0 Å². The van der Waals surface area contributed by atoms with Crippen molar-refractivity contribution in [2.45, 2.75) is 6.92 Å². The predicted molar refractivity (Wildman–Crippen MR) is 46.6 cm³/mol. The summed E-state index contributed by atoms with van der Waals surface area (Å²) in [4.78, 5) is 6.52. The van der Waals surface area contributed by atoms with E-state index in [4.69, 9.17) is 5.73 Å². The summed E-state index contributed by atoms with van der Waals surface area (Å²) in [5.41, 5.74) is 5.36. The Morgan fingerprint density at radius 1 is 1.73 bits per heavy atom. The molecule has 0 amide bonds. The van der Waals surface area contributed by atoms with E-state index in [1.165, 1.54) is 0 Å². The molecule has 64 valence electrons. The van der Waals surface area contributed by atoms with Gasteiger partial charge in [-0.25, -0.2) is 0 Å². The molecule has 0 aromatic carbocycles. The molecule has 4 nitrogen and oxygen atoms in total. The Balaban J connectivity index is 2.30. The number of nitrogens with one attached hydrogen (secondary N) is 1. The van der Waals surface area contributed by atoms with Gasteiger partial charge in [0, 0.05) is 26.2 Å². The number of hydrogen-bond acceptors (Lipinski definition) is 4. The zero-order valence-corrected chi connectivity index (χ0v) is 7.01. The van der Waals surface area contributed by atoms with Crippen molar-refractivity contribution in [2.75, 3.05) is 32.7 Å². The van der Waals surface area contributed by atoms with Crippen LogP contribution in [0.3, 0.4) is 0 Å². The second kappa shape index (κ2) is 4.18. The van der Waals surface area contributed by atoms with Gasteiger partial charge in [-0.2, -0.15) is 0 Å².